The minimum absolute atomic E-state index is 0.0399. The molecule has 2 aromatic rings. The molecule has 1 saturated heterocycles. The fourth-order valence-electron chi connectivity index (χ4n) is 2.52. The van der Waals surface area contributed by atoms with Gasteiger partial charge in [-0.25, -0.2) is 0 Å². The van der Waals surface area contributed by atoms with E-state index in [9.17, 15) is 0 Å². The molecule has 0 spiro atoms. The summed E-state index contributed by atoms with van der Waals surface area (Å²) in [6.45, 7) is 3.44. The summed E-state index contributed by atoms with van der Waals surface area (Å²) in [5.41, 5.74) is 7.13. The number of hydrogen-bond acceptors (Lipinski definition) is 3. The zero-order chi connectivity index (χ0) is 13.2. The first-order chi connectivity index (χ1) is 9.25. The molecule has 0 radical (unpaired) electrons. The number of benzene rings is 2. The number of ether oxygens (including phenoxy) is 2. The van der Waals surface area contributed by atoms with Crippen LogP contribution >= 0.6 is 0 Å². The lowest BCUT2D eigenvalue weighted by Crippen LogP contribution is -2.18. The molecule has 2 aromatic carbocycles. The molecule has 1 fully saturated rings. The molecule has 0 amide bonds. The first kappa shape index (κ1) is 12.5. The second-order valence-electron chi connectivity index (χ2n) is 5.10. The Labute approximate surface area is 113 Å². The maximum absolute atomic E-state index is 6.18. The van der Waals surface area contributed by atoms with Gasteiger partial charge in [-0.05, 0) is 12.3 Å². The summed E-state index contributed by atoms with van der Waals surface area (Å²) in [6.07, 6.45) is 1.09. The Kier molecular flexibility index (Phi) is 3.40. The summed E-state index contributed by atoms with van der Waals surface area (Å²) >= 11 is 0. The molecule has 0 bridgehead atoms. The Morgan fingerprint density at radius 1 is 1.26 bits per heavy atom. The van der Waals surface area contributed by atoms with Crippen molar-refractivity contribution < 1.29 is 9.47 Å². The third-order valence-corrected chi connectivity index (χ3v) is 3.57. The molecule has 1 aliphatic heterocycles. The quantitative estimate of drug-likeness (QED) is 0.919. The van der Waals surface area contributed by atoms with Gasteiger partial charge >= 0.3 is 0 Å². The fourth-order valence-corrected chi connectivity index (χ4v) is 2.52. The third kappa shape index (κ3) is 2.44. The van der Waals surface area contributed by atoms with Gasteiger partial charge < -0.3 is 15.2 Å². The number of fused-ring (bicyclic) bond motifs is 1. The topological polar surface area (TPSA) is 44.5 Å². The number of rotatable bonds is 3. The normalized spacial score (nSPS) is 20.6. The molecule has 1 unspecified atom stereocenters. The van der Waals surface area contributed by atoms with Gasteiger partial charge in [0.15, 0.2) is 0 Å². The van der Waals surface area contributed by atoms with Crippen molar-refractivity contribution in [3.63, 3.8) is 0 Å². The largest absolute Gasteiger partial charge is 0.487 e. The van der Waals surface area contributed by atoms with Crippen molar-refractivity contribution in [1.29, 1.82) is 0 Å². The van der Waals surface area contributed by atoms with Crippen LogP contribution in [-0.4, -0.2) is 19.3 Å². The molecule has 0 aromatic heterocycles. The SMILES string of the molecule is C[C@@H](N)c1ccc2ccccc2c1OC1CCOC1. The average Bonchev–Trinajstić information content (AvgIpc) is 2.92. The zero-order valence-corrected chi connectivity index (χ0v) is 11.1. The van der Waals surface area contributed by atoms with Gasteiger partial charge in [-0.3, -0.25) is 0 Å². The molecule has 1 heterocycles. The van der Waals surface area contributed by atoms with E-state index in [2.05, 4.69) is 24.3 Å². The van der Waals surface area contributed by atoms with E-state index in [1.807, 2.05) is 19.1 Å². The monoisotopic (exact) mass is 257 g/mol. The highest BCUT2D eigenvalue weighted by Crippen LogP contribution is 2.34. The molecule has 3 rings (SSSR count). The van der Waals surface area contributed by atoms with Crippen molar-refractivity contribution >= 4 is 10.8 Å². The Balaban J connectivity index is 2.08. The molecule has 2 atom stereocenters. The highest BCUT2D eigenvalue weighted by atomic mass is 16.5. The van der Waals surface area contributed by atoms with Gasteiger partial charge in [-0.15, -0.1) is 0 Å². The predicted molar refractivity (Wildman–Crippen MR) is 76.4 cm³/mol. The molecule has 1 aliphatic rings. The fraction of sp³-hybridized carbons (Fsp3) is 0.375. The number of hydrogen-bond donors (Lipinski definition) is 1. The molecule has 19 heavy (non-hydrogen) atoms. The van der Waals surface area contributed by atoms with Crippen LogP contribution in [0.3, 0.4) is 0 Å². The van der Waals surface area contributed by atoms with Crippen LogP contribution in [0, 0.1) is 0 Å². The first-order valence-corrected chi connectivity index (χ1v) is 6.77. The lowest BCUT2D eigenvalue weighted by Gasteiger charge is -2.19. The van der Waals surface area contributed by atoms with Gasteiger partial charge in [0, 0.05) is 23.4 Å². The van der Waals surface area contributed by atoms with Crippen molar-refractivity contribution in [1.82, 2.24) is 0 Å². The van der Waals surface area contributed by atoms with Gasteiger partial charge in [0.05, 0.1) is 13.2 Å². The summed E-state index contributed by atoms with van der Waals surface area (Å²) in [6, 6.07) is 12.4. The molecule has 100 valence electrons. The highest BCUT2D eigenvalue weighted by molar-refractivity contribution is 5.89. The second-order valence-corrected chi connectivity index (χ2v) is 5.10. The molecule has 0 saturated carbocycles. The number of nitrogens with two attached hydrogens (primary N) is 1. The van der Waals surface area contributed by atoms with Gasteiger partial charge in [-0.1, -0.05) is 36.4 Å². The minimum atomic E-state index is -0.0399. The van der Waals surface area contributed by atoms with Crippen LogP contribution in [-0.2, 0) is 4.74 Å². The highest BCUT2D eigenvalue weighted by Gasteiger charge is 2.21. The van der Waals surface area contributed by atoms with Crippen molar-refractivity contribution in [2.45, 2.75) is 25.5 Å². The first-order valence-electron chi connectivity index (χ1n) is 6.77. The van der Waals surface area contributed by atoms with Crippen LogP contribution < -0.4 is 10.5 Å². The molecule has 0 aliphatic carbocycles. The Morgan fingerprint density at radius 3 is 2.84 bits per heavy atom. The van der Waals surface area contributed by atoms with Crippen LogP contribution in [0.15, 0.2) is 36.4 Å². The molecular formula is C16H19NO2. The van der Waals surface area contributed by atoms with Gasteiger partial charge in [-0.2, -0.15) is 0 Å². The molecule has 2 N–H and O–H groups in total. The van der Waals surface area contributed by atoms with Crippen LogP contribution in [0.2, 0.25) is 0 Å². The molecular weight excluding hydrogens is 238 g/mol. The summed E-state index contributed by atoms with van der Waals surface area (Å²) in [4.78, 5) is 0. The van der Waals surface area contributed by atoms with Crippen LogP contribution in [0.1, 0.15) is 24.9 Å². The maximum Gasteiger partial charge on any atom is 0.132 e. The Hall–Kier alpha value is -1.58. The smallest absolute Gasteiger partial charge is 0.132 e. The van der Waals surface area contributed by atoms with E-state index >= 15 is 0 Å². The van der Waals surface area contributed by atoms with Crippen LogP contribution in [0.4, 0.5) is 0 Å². The van der Waals surface area contributed by atoms with E-state index in [4.69, 9.17) is 15.2 Å². The lowest BCUT2D eigenvalue weighted by atomic mass is 10.0. The Morgan fingerprint density at radius 2 is 2.11 bits per heavy atom. The van der Waals surface area contributed by atoms with Crippen molar-refractivity contribution in [3.8, 4) is 5.75 Å². The van der Waals surface area contributed by atoms with Crippen LogP contribution in [0.25, 0.3) is 10.8 Å². The van der Waals surface area contributed by atoms with Crippen molar-refractivity contribution in [2.75, 3.05) is 13.2 Å². The lowest BCUT2D eigenvalue weighted by molar-refractivity contribution is 0.141. The van der Waals surface area contributed by atoms with E-state index in [0.29, 0.717) is 6.61 Å². The summed E-state index contributed by atoms with van der Waals surface area (Å²) in [5.74, 6) is 0.920. The van der Waals surface area contributed by atoms with E-state index in [1.165, 1.54) is 5.39 Å². The third-order valence-electron chi connectivity index (χ3n) is 3.57. The van der Waals surface area contributed by atoms with Crippen LogP contribution in [0.5, 0.6) is 5.75 Å². The van der Waals surface area contributed by atoms with Gasteiger partial charge in [0.2, 0.25) is 0 Å². The maximum atomic E-state index is 6.18. The molecule has 3 nitrogen and oxygen atoms in total. The second kappa shape index (κ2) is 5.19. The van der Waals surface area contributed by atoms with Crippen molar-refractivity contribution in [2.24, 2.45) is 5.73 Å². The summed E-state index contributed by atoms with van der Waals surface area (Å²) in [5, 5.41) is 2.31. The average molecular weight is 257 g/mol. The standard InChI is InChI=1S/C16H19NO2/c1-11(17)14-7-6-12-4-2-3-5-15(12)16(14)19-13-8-9-18-10-13/h2-7,11,13H,8-10,17H2,1H3/t11-,13?/m1/s1. The van der Waals surface area contributed by atoms with E-state index < -0.39 is 0 Å². The molecule has 3 heteroatoms. The summed E-state index contributed by atoms with van der Waals surface area (Å²) in [7, 11) is 0. The van der Waals surface area contributed by atoms with E-state index in [-0.39, 0.29) is 12.1 Å². The van der Waals surface area contributed by atoms with Crippen molar-refractivity contribution in [3.05, 3.63) is 42.0 Å². The van der Waals surface area contributed by atoms with Gasteiger partial charge in [0.1, 0.15) is 11.9 Å². The summed E-state index contributed by atoms with van der Waals surface area (Å²) < 4.78 is 11.6. The van der Waals surface area contributed by atoms with Gasteiger partial charge in [0.25, 0.3) is 0 Å². The van der Waals surface area contributed by atoms with E-state index in [1.54, 1.807) is 0 Å². The Bertz CT molecular complexity index is 574. The minimum Gasteiger partial charge on any atom is -0.487 e. The van der Waals surface area contributed by atoms with E-state index in [0.717, 1.165) is 29.7 Å². The zero-order valence-electron chi connectivity index (χ0n) is 11.1. The predicted octanol–water partition coefficient (Wildman–Crippen LogP) is 3.03.